The highest BCUT2D eigenvalue weighted by atomic mass is 19.4. The number of carbonyl (C=O) groups excluding carboxylic acids is 1. The van der Waals surface area contributed by atoms with Gasteiger partial charge in [-0.15, -0.1) is 0 Å². The average Bonchev–Trinajstić information content (AvgIpc) is 3.13. The zero-order chi connectivity index (χ0) is 25.3. The van der Waals surface area contributed by atoms with Crippen molar-refractivity contribution in [1.82, 2.24) is 15.3 Å². The quantitative estimate of drug-likeness (QED) is 0.490. The van der Waals surface area contributed by atoms with Gasteiger partial charge in [-0.25, -0.2) is 19.2 Å². The van der Waals surface area contributed by atoms with Gasteiger partial charge < -0.3 is 24.7 Å². The standard InChI is InChI=1S/C23H25F4N5O3/c1-4-14-7-15(24)8-17-13(3)18(35-19(14)17)20(23(25,26)27)31-22(33)30-16-9-28-21(29-10-16)32-5-6-34-11-12(32)2/h7-10,12,20H,4-6,11H2,1-3H3,(H2,30,31,33)/t12-,20-/m1/s1. The summed E-state index contributed by atoms with van der Waals surface area (Å²) in [5, 5.41) is 4.47. The maximum absolute atomic E-state index is 14.0. The Morgan fingerprint density at radius 2 is 2.00 bits per heavy atom. The summed E-state index contributed by atoms with van der Waals surface area (Å²) in [6, 6.07) is -1.16. The monoisotopic (exact) mass is 495 g/mol. The molecule has 0 saturated carbocycles. The van der Waals surface area contributed by atoms with Gasteiger partial charge in [-0.2, -0.15) is 13.2 Å². The molecule has 3 heterocycles. The Morgan fingerprint density at radius 1 is 1.29 bits per heavy atom. The lowest BCUT2D eigenvalue weighted by molar-refractivity contribution is -0.158. The highest BCUT2D eigenvalue weighted by molar-refractivity contribution is 5.90. The minimum absolute atomic E-state index is 0.0622. The normalized spacial score (nSPS) is 17.5. The Balaban J connectivity index is 1.54. The number of nitrogens with one attached hydrogen (secondary N) is 2. The average molecular weight is 495 g/mol. The van der Waals surface area contributed by atoms with Gasteiger partial charge in [-0.05, 0) is 38.0 Å². The molecule has 0 radical (unpaired) electrons. The van der Waals surface area contributed by atoms with E-state index in [-0.39, 0.29) is 28.3 Å². The number of alkyl halides is 3. The Hall–Kier alpha value is -3.41. The molecule has 1 aliphatic rings. The summed E-state index contributed by atoms with van der Waals surface area (Å²) in [6.45, 7) is 6.75. The first-order chi connectivity index (χ1) is 16.6. The van der Waals surface area contributed by atoms with E-state index in [1.807, 2.05) is 17.1 Å². The number of benzene rings is 1. The minimum Gasteiger partial charge on any atom is -0.458 e. The number of aryl methyl sites for hydroxylation is 2. The molecule has 0 aliphatic carbocycles. The molecule has 1 fully saturated rings. The van der Waals surface area contributed by atoms with Gasteiger partial charge in [0.15, 0.2) is 6.04 Å². The van der Waals surface area contributed by atoms with Crippen molar-refractivity contribution < 1.29 is 31.5 Å². The predicted molar refractivity (Wildman–Crippen MR) is 121 cm³/mol. The molecule has 12 heteroatoms. The van der Waals surface area contributed by atoms with Crippen LogP contribution in [0.15, 0.2) is 28.9 Å². The van der Waals surface area contributed by atoms with Gasteiger partial charge in [0, 0.05) is 17.5 Å². The number of hydrogen-bond acceptors (Lipinski definition) is 6. The molecule has 2 amide bonds. The van der Waals surface area contributed by atoms with Crippen LogP contribution in [0.5, 0.6) is 0 Å². The molecule has 2 atom stereocenters. The van der Waals surface area contributed by atoms with E-state index in [0.29, 0.717) is 37.7 Å². The number of halogens is 4. The zero-order valence-corrected chi connectivity index (χ0v) is 19.4. The predicted octanol–water partition coefficient (Wildman–Crippen LogP) is 4.88. The van der Waals surface area contributed by atoms with Gasteiger partial charge in [0.25, 0.3) is 0 Å². The summed E-state index contributed by atoms with van der Waals surface area (Å²) in [5.74, 6) is -0.651. The molecule has 1 saturated heterocycles. The van der Waals surface area contributed by atoms with E-state index in [1.165, 1.54) is 25.4 Å². The van der Waals surface area contributed by atoms with Gasteiger partial charge in [0.2, 0.25) is 5.95 Å². The number of morpholine rings is 1. The van der Waals surface area contributed by atoms with Crippen LogP contribution in [-0.4, -0.2) is 48.0 Å². The molecular formula is C23H25F4N5O3. The summed E-state index contributed by atoms with van der Waals surface area (Å²) in [4.78, 5) is 22.8. The van der Waals surface area contributed by atoms with Crippen LogP contribution < -0.4 is 15.5 Å². The van der Waals surface area contributed by atoms with Crippen LogP contribution in [0.2, 0.25) is 0 Å². The number of rotatable bonds is 5. The maximum atomic E-state index is 14.0. The first-order valence-corrected chi connectivity index (χ1v) is 11.1. The van der Waals surface area contributed by atoms with Crippen LogP contribution in [0.25, 0.3) is 11.0 Å². The van der Waals surface area contributed by atoms with Gasteiger partial charge in [0.1, 0.15) is 17.2 Å². The summed E-state index contributed by atoms with van der Waals surface area (Å²) in [5.41, 5.74) is 0.819. The number of furan rings is 1. The molecule has 1 aliphatic heterocycles. The third-order valence-corrected chi connectivity index (χ3v) is 5.88. The van der Waals surface area contributed by atoms with Crippen molar-refractivity contribution in [3.63, 3.8) is 0 Å². The highest BCUT2D eigenvalue weighted by Crippen LogP contribution is 2.39. The number of hydrogen-bond donors (Lipinski definition) is 2. The summed E-state index contributed by atoms with van der Waals surface area (Å²) in [7, 11) is 0. The highest BCUT2D eigenvalue weighted by Gasteiger charge is 2.45. The smallest absolute Gasteiger partial charge is 0.416 e. The van der Waals surface area contributed by atoms with Crippen LogP contribution in [-0.2, 0) is 11.2 Å². The topological polar surface area (TPSA) is 92.5 Å². The molecule has 8 nitrogen and oxygen atoms in total. The van der Waals surface area contributed by atoms with Crippen molar-refractivity contribution in [2.75, 3.05) is 30.0 Å². The lowest BCUT2D eigenvalue weighted by atomic mass is 10.0. The molecule has 35 heavy (non-hydrogen) atoms. The molecule has 0 spiro atoms. The number of urea groups is 1. The molecular weight excluding hydrogens is 470 g/mol. The fourth-order valence-corrected chi connectivity index (χ4v) is 4.06. The van der Waals surface area contributed by atoms with E-state index in [4.69, 9.17) is 9.15 Å². The Kier molecular flexibility index (Phi) is 6.84. The second-order valence-corrected chi connectivity index (χ2v) is 8.35. The van der Waals surface area contributed by atoms with Crippen LogP contribution in [0, 0.1) is 12.7 Å². The van der Waals surface area contributed by atoms with Crippen molar-refractivity contribution in [2.45, 2.75) is 45.5 Å². The van der Waals surface area contributed by atoms with E-state index < -0.39 is 29.8 Å². The number of carbonyl (C=O) groups is 1. The molecule has 2 aromatic heterocycles. The van der Waals surface area contributed by atoms with E-state index in [1.54, 1.807) is 6.92 Å². The van der Waals surface area contributed by atoms with Crippen LogP contribution in [0.3, 0.4) is 0 Å². The number of amides is 2. The van der Waals surface area contributed by atoms with Crippen LogP contribution in [0.4, 0.5) is 34.0 Å². The third-order valence-electron chi connectivity index (χ3n) is 5.88. The van der Waals surface area contributed by atoms with Gasteiger partial charge in [-0.1, -0.05) is 6.92 Å². The third kappa shape index (κ3) is 5.16. The van der Waals surface area contributed by atoms with Crippen molar-refractivity contribution >= 4 is 28.6 Å². The fraction of sp³-hybridized carbons (Fsp3) is 0.435. The number of ether oxygens (including phenoxy) is 1. The van der Waals surface area contributed by atoms with Crippen molar-refractivity contribution in [3.05, 3.63) is 47.2 Å². The first kappa shape index (κ1) is 24.7. The minimum atomic E-state index is -4.87. The van der Waals surface area contributed by atoms with E-state index in [2.05, 4.69) is 15.3 Å². The van der Waals surface area contributed by atoms with E-state index in [9.17, 15) is 22.4 Å². The lowest BCUT2D eigenvalue weighted by Crippen LogP contribution is -2.44. The molecule has 3 aromatic rings. The van der Waals surface area contributed by atoms with Crippen molar-refractivity contribution in [2.24, 2.45) is 0 Å². The first-order valence-electron chi connectivity index (χ1n) is 11.1. The van der Waals surface area contributed by atoms with E-state index >= 15 is 0 Å². The molecule has 2 N–H and O–H groups in total. The van der Waals surface area contributed by atoms with Gasteiger partial charge in [0.05, 0.1) is 37.3 Å². The summed E-state index contributed by atoms with van der Waals surface area (Å²) in [6.07, 6.45) is -1.87. The zero-order valence-electron chi connectivity index (χ0n) is 19.4. The summed E-state index contributed by atoms with van der Waals surface area (Å²) < 4.78 is 66.7. The van der Waals surface area contributed by atoms with Crippen molar-refractivity contribution in [3.8, 4) is 0 Å². The molecule has 4 rings (SSSR count). The second kappa shape index (κ2) is 9.68. The summed E-state index contributed by atoms with van der Waals surface area (Å²) >= 11 is 0. The lowest BCUT2D eigenvalue weighted by Gasteiger charge is -2.33. The Labute approximate surface area is 198 Å². The van der Waals surface area contributed by atoms with Gasteiger partial charge in [-0.3, -0.25) is 0 Å². The van der Waals surface area contributed by atoms with E-state index in [0.717, 1.165) is 6.07 Å². The van der Waals surface area contributed by atoms with Gasteiger partial charge >= 0.3 is 12.2 Å². The number of aromatic nitrogens is 2. The Morgan fingerprint density at radius 3 is 2.63 bits per heavy atom. The SMILES string of the molecule is CCc1cc(F)cc2c(C)c([C@@H](NC(=O)Nc3cnc(N4CCOC[C@H]4C)nc3)C(F)(F)F)oc12. The molecule has 1 aromatic carbocycles. The number of fused-ring (bicyclic) bond motifs is 1. The molecule has 0 unspecified atom stereocenters. The van der Waals surface area contributed by atoms with Crippen LogP contribution in [0.1, 0.15) is 36.8 Å². The molecule has 0 bridgehead atoms. The van der Waals surface area contributed by atoms with Crippen LogP contribution >= 0.6 is 0 Å². The number of nitrogens with zero attached hydrogens (tertiary/aromatic N) is 3. The fourth-order valence-electron chi connectivity index (χ4n) is 4.06. The largest absolute Gasteiger partial charge is 0.458 e. The maximum Gasteiger partial charge on any atom is 0.416 e. The van der Waals surface area contributed by atoms with Crippen molar-refractivity contribution in [1.29, 1.82) is 0 Å². The second-order valence-electron chi connectivity index (χ2n) is 8.35. The molecule has 188 valence electrons. The Bertz CT molecular complexity index is 1210. The number of anilines is 2.